The summed E-state index contributed by atoms with van der Waals surface area (Å²) in [6.45, 7) is 5.04. The fraction of sp³-hybridized carbons (Fsp3) is 0.579. The van der Waals surface area contributed by atoms with Crippen LogP contribution in [0.15, 0.2) is 30.9 Å². The molecule has 1 saturated heterocycles. The van der Waals surface area contributed by atoms with Gasteiger partial charge in [-0.15, -0.1) is 0 Å². The number of likely N-dealkylation sites (tertiary alicyclic amines) is 1. The Morgan fingerprint density at radius 1 is 1.12 bits per heavy atom. The zero-order valence-corrected chi connectivity index (χ0v) is 16.5. The summed E-state index contributed by atoms with van der Waals surface area (Å²) in [4.78, 5) is 6.56. The summed E-state index contributed by atoms with van der Waals surface area (Å²) in [5, 5.41) is 5.43. The fourth-order valence-electron chi connectivity index (χ4n) is 3.35. The van der Waals surface area contributed by atoms with E-state index in [-0.39, 0.29) is 6.10 Å². The van der Waals surface area contributed by atoms with Crippen molar-refractivity contribution in [1.29, 1.82) is 0 Å². The summed E-state index contributed by atoms with van der Waals surface area (Å²) in [6, 6.07) is 5.53. The molecule has 1 fully saturated rings. The van der Waals surface area contributed by atoms with Crippen molar-refractivity contribution in [2.75, 3.05) is 26.2 Å². The molecule has 1 unspecified atom stereocenters. The van der Waals surface area contributed by atoms with Crippen LogP contribution in [0.2, 0.25) is 10.0 Å². The molecule has 0 N–H and O–H groups in total. The average Bonchev–Trinajstić information content (AvgIpc) is 3.31. The summed E-state index contributed by atoms with van der Waals surface area (Å²) in [5.74, 6) is 0. The lowest BCUT2D eigenvalue weighted by Crippen LogP contribution is -2.20. The zero-order valence-electron chi connectivity index (χ0n) is 15.0. The third-order valence-electron chi connectivity index (χ3n) is 4.77. The van der Waals surface area contributed by atoms with E-state index in [4.69, 9.17) is 27.9 Å². The molecule has 5 nitrogen and oxygen atoms in total. The van der Waals surface area contributed by atoms with E-state index in [1.165, 1.54) is 51.6 Å². The number of benzene rings is 1. The van der Waals surface area contributed by atoms with E-state index in [0.29, 0.717) is 23.2 Å². The third kappa shape index (κ3) is 5.95. The van der Waals surface area contributed by atoms with E-state index in [9.17, 15) is 0 Å². The Bertz CT molecular complexity index is 660. The summed E-state index contributed by atoms with van der Waals surface area (Å²) >= 11 is 12.4. The van der Waals surface area contributed by atoms with Crippen LogP contribution in [0.1, 0.15) is 43.8 Å². The molecule has 1 atom stereocenters. The second-order valence-corrected chi connectivity index (χ2v) is 7.60. The predicted octanol–water partition coefficient (Wildman–Crippen LogP) is 4.61. The summed E-state index contributed by atoms with van der Waals surface area (Å²) in [5.41, 5.74) is 0.934. The van der Waals surface area contributed by atoms with E-state index in [2.05, 4.69) is 15.0 Å². The zero-order chi connectivity index (χ0) is 18.2. The Morgan fingerprint density at radius 2 is 1.96 bits per heavy atom. The molecule has 0 amide bonds. The standard InChI is InChI=1S/C19H26Cl2N4O/c20-16-6-7-17(18(21)12-16)19(13-25-15-22-14-23-25)26-11-5-1-2-8-24-9-3-4-10-24/h6-7,12,14-15,19H,1-5,8-11,13H2. The minimum Gasteiger partial charge on any atom is -0.372 e. The van der Waals surface area contributed by atoms with Crippen molar-refractivity contribution >= 4 is 23.2 Å². The van der Waals surface area contributed by atoms with Gasteiger partial charge in [0.15, 0.2) is 0 Å². The second kappa shape index (κ2) is 10.3. The van der Waals surface area contributed by atoms with E-state index in [1.807, 2.05) is 12.1 Å². The first-order valence-corrected chi connectivity index (χ1v) is 10.1. The molecule has 0 saturated carbocycles. The minimum absolute atomic E-state index is 0.167. The highest BCUT2D eigenvalue weighted by atomic mass is 35.5. The van der Waals surface area contributed by atoms with Crippen LogP contribution in [0.3, 0.4) is 0 Å². The molecule has 1 aliphatic rings. The molecule has 2 aromatic rings. The average molecular weight is 397 g/mol. The van der Waals surface area contributed by atoms with Crippen LogP contribution in [0.25, 0.3) is 0 Å². The maximum absolute atomic E-state index is 6.38. The van der Waals surface area contributed by atoms with Crippen molar-refractivity contribution in [3.8, 4) is 0 Å². The number of unbranched alkanes of at least 4 members (excludes halogenated alkanes) is 2. The van der Waals surface area contributed by atoms with Crippen molar-refractivity contribution in [3.63, 3.8) is 0 Å². The van der Waals surface area contributed by atoms with Gasteiger partial charge in [-0.05, 0) is 63.9 Å². The smallest absolute Gasteiger partial charge is 0.137 e. The Balaban J connectivity index is 1.48. The van der Waals surface area contributed by atoms with Crippen LogP contribution in [0, 0.1) is 0 Å². The van der Waals surface area contributed by atoms with Crippen molar-refractivity contribution < 1.29 is 4.74 Å². The van der Waals surface area contributed by atoms with Gasteiger partial charge in [-0.1, -0.05) is 29.3 Å². The van der Waals surface area contributed by atoms with Crippen LogP contribution < -0.4 is 0 Å². The highest BCUT2D eigenvalue weighted by molar-refractivity contribution is 6.35. The number of nitrogens with zero attached hydrogens (tertiary/aromatic N) is 4. The normalized spacial score (nSPS) is 16.2. The highest BCUT2D eigenvalue weighted by Gasteiger charge is 2.17. The fourth-order valence-corrected chi connectivity index (χ4v) is 3.88. The van der Waals surface area contributed by atoms with Crippen LogP contribution in [-0.4, -0.2) is 45.9 Å². The molecule has 0 spiro atoms. The van der Waals surface area contributed by atoms with Crippen molar-refractivity contribution in [2.45, 2.75) is 44.8 Å². The van der Waals surface area contributed by atoms with Gasteiger partial charge in [0.2, 0.25) is 0 Å². The maximum Gasteiger partial charge on any atom is 0.137 e. The predicted molar refractivity (Wildman–Crippen MR) is 105 cm³/mol. The van der Waals surface area contributed by atoms with Crippen LogP contribution >= 0.6 is 23.2 Å². The molecule has 0 bridgehead atoms. The molecule has 7 heteroatoms. The number of rotatable bonds is 10. The molecule has 3 rings (SSSR count). The first kappa shape index (κ1) is 19.6. The van der Waals surface area contributed by atoms with Gasteiger partial charge < -0.3 is 9.64 Å². The summed E-state index contributed by atoms with van der Waals surface area (Å²) in [6.07, 6.45) is 9.23. The lowest BCUT2D eigenvalue weighted by atomic mass is 10.1. The number of hydrogen-bond acceptors (Lipinski definition) is 4. The van der Waals surface area contributed by atoms with Gasteiger partial charge in [-0.25, -0.2) is 4.98 Å². The molecular formula is C19H26Cl2N4O. The van der Waals surface area contributed by atoms with Gasteiger partial charge in [0.1, 0.15) is 18.8 Å². The van der Waals surface area contributed by atoms with E-state index in [0.717, 1.165) is 12.0 Å². The quantitative estimate of drug-likeness (QED) is 0.549. The van der Waals surface area contributed by atoms with Gasteiger partial charge in [-0.2, -0.15) is 5.10 Å². The highest BCUT2D eigenvalue weighted by Crippen LogP contribution is 2.29. The minimum atomic E-state index is -0.167. The molecule has 26 heavy (non-hydrogen) atoms. The lowest BCUT2D eigenvalue weighted by molar-refractivity contribution is 0.0354. The molecule has 2 heterocycles. The molecular weight excluding hydrogens is 371 g/mol. The Kier molecular flexibility index (Phi) is 7.74. The maximum atomic E-state index is 6.38. The first-order valence-electron chi connectivity index (χ1n) is 9.34. The topological polar surface area (TPSA) is 43.2 Å². The summed E-state index contributed by atoms with van der Waals surface area (Å²) < 4.78 is 7.93. The largest absolute Gasteiger partial charge is 0.372 e. The number of halogens is 2. The monoisotopic (exact) mass is 396 g/mol. The second-order valence-electron chi connectivity index (χ2n) is 6.75. The Hall–Kier alpha value is -1.14. The van der Waals surface area contributed by atoms with Crippen LogP contribution in [0.4, 0.5) is 0 Å². The molecule has 1 aromatic carbocycles. The molecule has 1 aromatic heterocycles. The molecule has 1 aliphatic heterocycles. The van der Waals surface area contributed by atoms with Gasteiger partial charge in [-0.3, -0.25) is 4.68 Å². The SMILES string of the molecule is Clc1ccc(C(Cn2cncn2)OCCCCCN2CCCC2)c(Cl)c1. The Labute approximate surface area is 165 Å². The molecule has 0 aliphatic carbocycles. The number of hydrogen-bond donors (Lipinski definition) is 0. The third-order valence-corrected chi connectivity index (χ3v) is 5.33. The van der Waals surface area contributed by atoms with Gasteiger partial charge in [0, 0.05) is 22.2 Å². The van der Waals surface area contributed by atoms with Gasteiger partial charge in [0.25, 0.3) is 0 Å². The summed E-state index contributed by atoms with van der Waals surface area (Å²) in [7, 11) is 0. The van der Waals surface area contributed by atoms with Gasteiger partial charge >= 0.3 is 0 Å². The lowest BCUT2D eigenvalue weighted by Gasteiger charge is -2.20. The number of aromatic nitrogens is 3. The van der Waals surface area contributed by atoms with E-state index >= 15 is 0 Å². The number of ether oxygens (including phenoxy) is 1. The van der Waals surface area contributed by atoms with E-state index in [1.54, 1.807) is 17.1 Å². The van der Waals surface area contributed by atoms with Crippen LogP contribution in [0.5, 0.6) is 0 Å². The Morgan fingerprint density at radius 3 is 2.69 bits per heavy atom. The van der Waals surface area contributed by atoms with Gasteiger partial charge in [0.05, 0.1) is 6.54 Å². The molecule has 0 radical (unpaired) electrons. The van der Waals surface area contributed by atoms with Crippen LogP contribution in [-0.2, 0) is 11.3 Å². The van der Waals surface area contributed by atoms with Crippen molar-refractivity contribution in [3.05, 3.63) is 46.5 Å². The van der Waals surface area contributed by atoms with Crippen molar-refractivity contribution in [1.82, 2.24) is 19.7 Å². The van der Waals surface area contributed by atoms with Crippen molar-refractivity contribution in [2.24, 2.45) is 0 Å². The molecule has 142 valence electrons. The van der Waals surface area contributed by atoms with E-state index < -0.39 is 0 Å². The first-order chi connectivity index (χ1) is 12.7.